The molecular formula is C17H23NO3S. The predicted molar refractivity (Wildman–Crippen MR) is 88.3 cm³/mol. The van der Waals surface area contributed by atoms with Crippen molar-refractivity contribution in [3.63, 3.8) is 0 Å². The van der Waals surface area contributed by atoms with Crippen LogP contribution in [0, 0.1) is 5.92 Å². The molecule has 1 saturated heterocycles. The largest absolute Gasteiger partial charge is 0.466 e. The first-order chi connectivity index (χ1) is 10.5. The summed E-state index contributed by atoms with van der Waals surface area (Å²) in [6.45, 7) is 7.91. The summed E-state index contributed by atoms with van der Waals surface area (Å²) in [5.74, 6) is -0.715. The van der Waals surface area contributed by atoms with Crippen LogP contribution in [0.4, 0.5) is 0 Å². The Balaban J connectivity index is 2.26. The molecule has 0 saturated carbocycles. The third-order valence-electron chi connectivity index (χ3n) is 3.78. The topological polar surface area (TPSA) is 46.6 Å². The lowest BCUT2D eigenvalue weighted by Gasteiger charge is -2.28. The Bertz CT molecular complexity index is 532. The van der Waals surface area contributed by atoms with Crippen molar-refractivity contribution in [2.24, 2.45) is 5.92 Å². The lowest BCUT2D eigenvalue weighted by atomic mass is 10.1. The normalized spacial score (nSPS) is 23.0. The van der Waals surface area contributed by atoms with Crippen molar-refractivity contribution in [2.45, 2.75) is 44.4 Å². The van der Waals surface area contributed by atoms with Crippen molar-refractivity contribution in [2.75, 3.05) is 6.61 Å². The van der Waals surface area contributed by atoms with Gasteiger partial charge in [0.2, 0.25) is 5.91 Å². The quantitative estimate of drug-likeness (QED) is 0.781. The van der Waals surface area contributed by atoms with Crippen LogP contribution in [0.1, 0.15) is 38.6 Å². The summed E-state index contributed by atoms with van der Waals surface area (Å²) in [6.07, 6.45) is 0. The van der Waals surface area contributed by atoms with Crippen LogP contribution in [0.5, 0.6) is 0 Å². The van der Waals surface area contributed by atoms with Gasteiger partial charge in [-0.2, -0.15) is 0 Å². The van der Waals surface area contributed by atoms with Gasteiger partial charge in [-0.05, 0) is 26.3 Å². The molecule has 0 radical (unpaired) electrons. The van der Waals surface area contributed by atoms with Crippen molar-refractivity contribution >= 4 is 23.6 Å². The first-order valence-corrected chi connectivity index (χ1v) is 8.60. The first-order valence-electron chi connectivity index (χ1n) is 7.66. The van der Waals surface area contributed by atoms with Gasteiger partial charge in [0.05, 0.1) is 17.8 Å². The molecule has 0 aromatic heterocycles. The van der Waals surface area contributed by atoms with Crippen LogP contribution in [0.25, 0.3) is 0 Å². The molecule has 0 spiro atoms. The van der Waals surface area contributed by atoms with Gasteiger partial charge in [0, 0.05) is 6.04 Å². The van der Waals surface area contributed by atoms with Crippen LogP contribution in [0.15, 0.2) is 30.3 Å². The second-order valence-electron chi connectivity index (χ2n) is 5.70. The van der Waals surface area contributed by atoms with E-state index in [4.69, 9.17) is 4.74 Å². The van der Waals surface area contributed by atoms with Gasteiger partial charge < -0.3 is 9.64 Å². The number of nitrogens with zero attached hydrogens (tertiary/aromatic N) is 1. The van der Waals surface area contributed by atoms with E-state index >= 15 is 0 Å². The molecule has 0 N–H and O–H groups in total. The highest BCUT2D eigenvalue weighted by Gasteiger charge is 2.46. The van der Waals surface area contributed by atoms with Crippen molar-refractivity contribution in [3.05, 3.63) is 35.9 Å². The number of esters is 1. The van der Waals surface area contributed by atoms with Crippen molar-refractivity contribution in [3.8, 4) is 0 Å². The number of hydrogen-bond donors (Lipinski definition) is 0. The van der Waals surface area contributed by atoms with Gasteiger partial charge in [-0.1, -0.05) is 37.3 Å². The number of carbonyl (C=O) groups excluding carboxylic acids is 2. The van der Waals surface area contributed by atoms with E-state index in [0.717, 1.165) is 5.56 Å². The smallest absolute Gasteiger partial charge is 0.310 e. The average Bonchev–Trinajstić information content (AvgIpc) is 2.85. The second-order valence-corrected chi connectivity index (χ2v) is 6.93. The number of carbonyl (C=O) groups is 2. The van der Waals surface area contributed by atoms with Crippen LogP contribution >= 0.6 is 11.8 Å². The summed E-state index contributed by atoms with van der Waals surface area (Å²) < 4.78 is 5.08. The molecule has 1 aromatic rings. The Labute approximate surface area is 136 Å². The zero-order valence-electron chi connectivity index (χ0n) is 13.5. The lowest BCUT2D eigenvalue weighted by Crippen LogP contribution is -2.39. The minimum atomic E-state index is -0.438. The molecule has 0 bridgehead atoms. The monoisotopic (exact) mass is 321 g/mol. The molecule has 22 heavy (non-hydrogen) atoms. The molecule has 3 atom stereocenters. The van der Waals surface area contributed by atoms with E-state index in [1.807, 2.05) is 49.1 Å². The molecule has 1 aromatic carbocycles. The maximum Gasteiger partial charge on any atom is 0.310 e. The Morgan fingerprint density at radius 3 is 2.45 bits per heavy atom. The second kappa shape index (κ2) is 7.18. The predicted octanol–water partition coefficient (Wildman–Crippen LogP) is 3.24. The SMILES string of the molecule is CCOC(=O)C(C)C1SC(c2ccccc2)N(C(C)C)C1=O. The maximum atomic E-state index is 12.8. The van der Waals surface area contributed by atoms with Crippen LogP contribution in [0.2, 0.25) is 0 Å². The summed E-state index contributed by atoms with van der Waals surface area (Å²) in [6, 6.07) is 10.0. The van der Waals surface area contributed by atoms with Gasteiger partial charge in [-0.3, -0.25) is 9.59 Å². The van der Waals surface area contributed by atoms with E-state index < -0.39 is 5.92 Å². The van der Waals surface area contributed by atoms with E-state index in [2.05, 4.69) is 0 Å². The number of hydrogen-bond acceptors (Lipinski definition) is 4. The Morgan fingerprint density at radius 2 is 1.91 bits per heavy atom. The summed E-state index contributed by atoms with van der Waals surface area (Å²) in [5.41, 5.74) is 1.09. The first kappa shape index (κ1) is 16.9. The Hall–Kier alpha value is -1.49. The van der Waals surface area contributed by atoms with Crippen molar-refractivity contribution < 1.29 is 14.3 Å². The highest BCUT2D eigenvalue weighted by atomic mass is 32.2. The van der Waals surface area contributed by atoms with Gasteiger partial charge in [0.25, 0.3) is 0 Å². The van der Waals surface area contributed by atoms with E-state index in [0.29, 0.717) is 6.61 Å². The molecule has 0 aliphatic carbocycles. The molecule has 120 valence electrons. The highest BCUT2D eigenvalue weighted by Crippen LogP contribution is 2.46. The van der Waals surface area contributed by atoms with E-state index in [9.17, 15) is 9.59 Å². The van der Waals surface area contributed by atoms with Gasteiger partial charge in [0.15, 0.2) is 0 Å². The molecule has 4 nitrogen and oxygen atoms in total. The number of ether oxygens (including phenoxy) is 1. The van der Waals surface area contributed by atoms with E-state index in [1.165, 1.54) is 0 Å². The Morgan fingerprint density at radius 1 is 1.27 bits per heavy atom. The molecule has 1 aliphatic heterocycles. The molecule has 1 aliphatic rings. The number of benzene rings is 1. The third kappa shape index (κ3) is 3.29. The lowest BCUT2D eigenvalue weighted by molar-refractivity contribution is -0.149. The van der Waals surface area contributed by atoms with Gasteiger partial charge in [0.1, 0.15) is 5.37 Å². The van der Waals surface area contributed by atoms with E-state index in [-0.39, 0.29) is 28.5 Å². The summed E-state index contributed by atoms with van der Waals surface area (Å²) in [7, 11) is 0. The third-order valence-corrected chi connectivity index (χ3v) is 5.44. The number of rotatable bonds is 5. The van der Waals surface area contributed by atoms with Gasteiger partial charge in [-0.15, -0.1) is 11.8 Å². The Kier molecular flexibility index (Phi) is 5.51. The molecule has 3 unspecified atom stereocenters. The minimum absolute atomic E-state index is 0.0226. The summed E-state index contributed by atoms with van der Waals surface area (Å²) in [4.78, 5) is 26.6. The molecular weight excluding hydrogens is 298 g/mol. The fourth-order valence-electron chi connectivity index (χ4n) is 2.64. The summed E-state index contributed by atoms with van der Waals surface area (Å²) in [5, 5.41) is -0.428. The van der Waals surface area contributed by atoms with E-state index in [1.54, 1.807) is 25.6 Å². The summed E-state index contributed by atoms with van der Waals surface area (Å²) >= 11 is 1.55. The number of amides is 1. The standard InChI is InChI=1S/C17H23NO3S/c1-5-21-17(20)12(4)14-15(19)18(11(2)3)16(22-14)13-9-7-6-8-10-13/h6-12,14,16H,5H2,1-4H3. The molecule has 1 amide bonds. The number of thioether (sulfide) groups is 1. The molecule has 5 heteroatoms. The fraction of sp³-hybridized carbons (Fsp3) is 0.529. The van der Waals surface area contributed by atoms with Crippen molar-refractivity contribution in [1.82, 2.24) is 4.90 Å². The van der Waals surface area contributed by atoms with Crippen LogP contribution in [-0.2, 0) is 14.3 Å². The minimum Gasteiger partial charge on any atom is -0.466 e. The zero-order chi connectivity index (χ0) is 16.3. The van der Waals surface area contributed by atoms with Crippen LogP contribution < -0.4 is 0 Å². The van der Waals surface area contributed by atoms with Gasteiger partial charge >= 0.3 is 5.97 Å². The fourth-order valence-corrected chi connectivity index (χ4v) is 4.29. The average molecular weight is 321 g/mol. The van der Waals surface area contributed by atoms with Crippen LogP contribution in [0.3, 0.4) is 0 Å². The van der Waals surface area contributed by atoms with Gasteiger partial charge in [-0.25, -0.2) is 0 Å². The van der Waals surface area contributed by atoms with Crippen molar-refractivity contribution in [1.29, 1.82) is 0 Å². The molecule has 1 fully saturated rings. The zero-order valence-corrected chi connectivity index (χ0v) is 14.3. The maximum absolute atomic E-state index is 12.8. The van der Waals surface area contributed by atoms with Crippen LogP contribution in [-0.4, -0.2) is 34.7 Å². The molecule has 2 rings (SSSR count). The highest BCUT2D eigenvalue weighted by molar-refractivity contribution is 8.01. The molecule has 1 heterocycles.